The van der Waals surface area contributed by atoms with Crippen LogP contribution in [0.25, 0.3) is 0 Å². The number of nitrogens with one attached hydrogen (secondary N) is 1. The van der Waals surface area contributed by atoms with Gasteiger partial charge in [0, 0.05) is 7.11 Å². The van der Waals surface area contributed by atoms with Gasteiger partial charge in [-0.1, -0.05) is 13.3 Å². The first-order valence-electron chi connectivity index (χ1n) is 3.94. The summed E-state index contributed by atoms with van der Waals surface area (Å²) in [5.41, 5.74) is 0.186. The zero-order valence-electron chi connectivity index (χ0n) is 6.94. The van der Waals surface area contributed by atoms with Crippen LogP contribution in [-0.2, 0) is 4.74 Å². The summed E-state index contributed by atoms with van der Waals surface area (Å²) in [6.45, 7) is 4.36. The van der Waals surface area contributed by atoms with E-state index in [9.17, 15) is 0 Å². The summed E-state index contributed by atoms with van der Waals surface area (Å²) >= 11 is 0. The molecule has 1 fully saturated rings. The molecule has 1 N–H and O–H groups in total. The van der Waals surface area contributed by atoms with E-state index in [2.05, 4.69) is 14.0 Å². The summed E-state index contributed by atoms with van der Waals surface area (Å²) in [7, 11) is 5.71. The largest absolute Gasteiger partial charge is 0.463 e. The number of quaternary nitrogens is 1. The predicted molar refractivity (Wildman–Crippen MR) is 40.7 cm³/mol. The van der Waals surface area contributed by atoms with Crippen molar-refractivity contribution in [3.8, 4) is 0 Å². The number of rotatable bonds is 3. The maximum atomic E-state index is 5.42. The van der Waals surface area contributed by atoms with Gasteiger partial charge in [0.15, 0.2) is 5.60 Å². The fourth-order valence-electron chi connectivity index (χ4n) is 1.74. The maximum Gasteiger partial charge on any atom is 0.160 e. The average Bonchev–Trinajstić information content (AvgIpc) is 1.84. The van der Waals surface area contributed by atoms with Crippen molar-refractivity contribution < 1.29 is 9.64 Å². The SMILES string of the molecule is [CH2-][NH+]1CC(CCC)(OC)C1. The van der Waals surface area contributed by atoms with Crippen LogP contribution in [0.3, 0.4) is 0 Å². The van der Waals surface area contributed by atoms with Crippen LogP contribution in [0, 0.1) is 7.05 Å². The van der Waals surface area contributed by atoms with Gasteiger partial charge in [0.25, 0.3) is 0 Å². The van der Waals surface area contributed by atoms with E-state index in [1.165, 1.54) is 17.7 Å². The van der Waals surface area contributed by atoms with E-state index in [1.807, 2.05) is 7.11 Å². The smallest absolute Gasteiger partial charge is 0.160 e. The molecule has 60 valence electrons. The van der Waals surface area contributed by atoms with E-state index in [0.29, 0.717) is 0 Å². The van der Waals surface area contributed by atoms with Gasteiger partial charge in [-0.2, -0.15) is 7.05 Å². The molecule has 0 aromatic carbocycles. The third kappa shape index (κ3) is 1.32. The highest BCUT2D eigenvalue weighted by Crippen LogP contribution is 2.17. The molecule has 0 saturated carbocycles. The van der Waals surface area contributed by atoms with Gasteiger partial charge in [0.05, 0.1) is 13.1 Å². The van der Waals surface area contributed by atoms with Crippen LogP contribution in [-0.4, -0.2) is 25.8 Å². The molecule has 1 heterocycles. The minimum atomic E-state index is 0.186. The molecular weight excluding hydrogens is 126 g/mol. The molecule has 0 unspecified atom stereocenters. The van der Waals surface area contributed by atoms with Crippen LogP contribution in [0.15, 0.2) is 0 Å². The summed E-state index contributed by atoms with van der Waals surface area (Å²) < 4.78 is 5.42. The zero-order chi connectivity index (χ0) is 7.61. The van der Waals surface area contributed by atoms with E-state index >= 15 is 0 Å². The van der Waals surface area contributed by atoms with Gasteiger partial charge in [-0.25, -0.2) is 0 Å². The molecule has 10 heavy (non-hydrogen) atoms. The van der Waals surface area contributed by atoms with Crippen molar-refractivity contribution in [1.82, 2.24) is 0 Å². The lowest BCUT2D eigenvalue weighted by molar-refractivity contribution is -0.919. The average molecular weight is 143 g/mol. The normalized spacial score (nSPS) is 39.3. The van der Waals surface area contributed by atoms with Gasteiger partial charge in [0.1, 0.15) is 0 Å². The highest BCUT2D eigenvalue weighted by Gasteiger charge is 2.42. The van der Waals surface area contributed by atoms with Crippen LogP contribution >= 0.6 is 0 Å². The Kier molecular flexibility index (Phi) is 2.32. The molecule has 1 rings (SSSR count). The number of likely N-dealkylation sites (tertiary alicyclic amines) is 1. The van der Waals surface area contributed by atoms with E-state index in [0.717, 1.165) is 13.1 Å². The molecule has 2 nitrogen and oxygen atoms in total. The molecule has 0 bridgehead atoms. The Bertz CT molecular complexity index is 102. The summed E-state index contributed by atoms with van der Waals surface area (Å²) in [5, 5.41) is 0. The fourth-order valence-corrected chi connectivity index (χ4v) is 1.74. The zero-order valence-corrected chi connectivity index (χ0v) is 6.94. The van der Waals surface area contributed by atoms with Gasteiger partial charge in [-0.15, -0.1) is 0 Å². The Labute approximate surface area is 63.2 Å². The van der Waals surface area contributed by atoms with E-state index in [-0.39, 0.29) is 5.60 Å². The van der Waals surface area contributed by atoms with Crippen molar-refractivity contribution in [2.24, 2.45) is 0 Å². The first-order chi connectivity index (χ1) is 4.72. The summed E-state index contributed by atoms with van der Waals surface area (Å²) in [6.07, 6.45) is 2.39. The lowest BCUT2D eigenvalue weighted by Crippen LogP contribution is -3.20. The van der Waals surface area contributed by atoms with Gasteiger partial charge in [-0.05, 0) is 6.42 Å². The number of hydrogen-bond acceptors (Lipinski definition) is 1. The van der Waals surface area contributed by atoms with Crippen LogP contribution in [0.2, 0.25) is 0 Å². The molecule has 1 aliphatic rings. The van der Waals surface area contributed by atoms with Gasteiger partial charge in [0.2, 0.25) is 0 Å². The summed E-state index contributed by atoms with van der Waals surface area (Å²) in [4.78, 5) is 1.34. The Morgan fingerprint density at radius 2 is 2.20 bits per heavy atom. The summed E-state index contributed by atoms with van der Waals surface area (Å²) in [6, 6.07) is 0. The topological polar surface area (TPSA) is 13.7 Å². The molecule has 0 aromatic heterocycles. The lowest BCUT2D eigenvalue weighted by Gasteiger charge is -2.47. The van der Waals surface area contributed by atoms with Crippen LogP contribution in [0.5, 0.6) is 0 Å². The molecule has 1 saturated heterocycles. The molecule has 0 amide bonds. The molecule has 2 heteroatoms. The minimum Gasteiger partial charge on any atom is -0.463 e. The first kappa shape index (κ1) is 8.02. The fraction of sp³-hybridized carbons (Fsp3) is 0.875. The molecule has 0 atom stereocenters. The second-order valence-electron chi connectivity index (χ2n) is 3.24. The van der Waals surface area contributed by atoms with E-state index < -0.39 is 0 Å². The van der Waals surface area contributed by atoms with Crippen molar-refractivity contribution in [3.63, 3.8) is 0 Å². The Morgan fingerprint density at radius 3 is 2.50 bits per heavy atom. The highest BCUT2D eigenvalue weighted by atomic mass is 16.5. The molecule has 1 aliphatic heterocycles. The number of ether oxygens (including phenoxy) is 1. The Hall–Kier alpha value is -0.0800. The monoisotopic (exact) mass is 143 g/mol. The van der Waals surface area contributed by atoms with Gasteiger partial charge < -0.3 is 9.64 Å². The quantitative estimate of drug-likeness (QED) is 0.543. The molecular formula is C8H17NO. The third-order valence-electron chi connectivity index (χ3n) is 2.28. The second kappa shape index (κ2) is 2.89. The van der Waals surface area contributed by atoms with Gasteiger partial charge >= 0.3 is 0 Å². The summed E-state index contributed by atoms with van der Waals surface area (Å²) in [5.74, 6) is 0. The van der Waals surface area contributed by atoms with Crippen molar-refractivity contribution in [2.75, 3.05) is 20.2 Å². The second-order valence-corrected chi connectivity index (χ2v) is 3.24. The van der Waals surface area contributed by atoms with Crippen molar-refractivity contribution in [2.45, 2.75) is 25.4 Å². The van der Waals surface area contributed by atoms with E-state index in [1.54, 1.807) is 0 Å². The van der Waals surface area contributed by atoms with Crippen LogP contribution < -0.4 is 4.90 Å². The highest BCUT2D eigenvalue weighted by molar-refractivity contribution is 4.84. The molecule has 0 aromatic rings. The number of hydrogen-bond donors (Lipinski definition) is 1. The van der Waals surface area contributed by atoms with Crippen molar-refractivity contribution in [3.05, 3.63) is 7.05 Å². The predicted octanol–water partition coefficient (Wildman–Crippen LogP) is -0.138. The third-order valence-corrected chi connectivity index (χ3v) is 2.28. The van der Waals surface area contributed by atoms with Crippen LogP contribution in [0.1, 0.15) is 19.8 Å². The molecule has 0 aliphatic carbocycles. The maximum absolute atomic E-state index is 5.42. The number of methoxy groups -OCH3 is 1. The lowest BCUT2D eigenvalue weighted by atomic mass is 9.90. The minimum absolute atomic E-state index is 0.186. The Morgan fingerprint density at radius 1 is 1.60 bits per heavy atom. The Balaban J connectivity index is 2.32. The molecule has 0 spiro atoms. The van der Waals surface area contributed by atoms with E-state index in [4.69, 9.17) is 4.74 Å². The van der Waals surface area contributed by atoms with Gasteiger partial charge in [-0.3, -0.25) is 0 Å². The van der Waals surface area contributed by atoms with Crippen molar-refractivity contribution in [1.29, 1.82) is 0 Å². The van der Waals surface area contributed by atoms with Crippen LogP contribution in [0.4, 0.5) is 0 Å². The van der Waals surface area contributed by atoms with Crippen molar-refractivity contribution >= 4 is 0 Å². The standard InChI is InChI=1S/C8H17NO/c1-4-5-8(10-3)6-9(2)7-8/h9H,2,4-7H2,1,3H3. The first-order valence-corrected chi connectivity index (χ1v) is 3.94. The molecule has 0 radical (unpaired) electrons.